The molecule has 1 aliphatic rings. The molecule has 1 amide bonds. The molecule has 12 heteroatoms. The van der Waals surface area contributed by atoms with Crippen LogP contribution in [0.15, 0.2) is 41.3 Å². The Labute approximate surface area is 228 Å². The van der Waals surface area contributed by atoms with Crippen LogP contribution in [-0.4, -0.2) is 66.4 Å². The first-order valence-corrected chi connectivity index (χ1v) is 12.8. The van der Waals surface area contributed by atoms with Crippen LogP contribution < -0.4 is 10.6 Å². The number of phenolic OH excluding ortho intramolecular Hbond substituents is 1. The molecule has 1 unspecified atom stereocenters. The van der Waals surface area contributed by atoms with Gasteiger partial charge < -0.3 is 20.0 Å². The number of rotatable bonds is 4. The largest absolute Gasteiger partial charge is 0.507 e. The standard InChI is InChI=1S/C28H28F2N6O4/c1-14(2)22-24(15(3)8-9-31-22)36-26-17(12-19(30)23(32-26)21-18(29)6-5-7-20(21)37)25(33-27(36)38)35-11-10-34(28(39)40)13-16(35)4/h5-9,12,14,16,37H,10-11,13H2,1-4H3,(H,39,40). The molecule has 3 aromatic heterocycles. The van der Waals surface area contributed by atoms with E-state index in [2.05, 4.69) is 15.0 Å². The quantitative estimate of drug-likeness (QED) is 0.382. The zero-order valence-electron chi connectivity index (χ0n) is 22.4. The molecule has 208 valence electrons. The highest BCUT2D eigenvalue weighted by molar-refractivity contribution is 5.91. The van der Waals surface area contributed by atoms with Crippen LogP contribution in [0.5, 0.6) is 5.75 Å². The number of amides is 1. The average molecular weight is 551 g/mol. The number of carboxylic acid groups (broad SMARTS) is 1. The summed E-state index contributed by atoms with van der Waals surface area (Å²) in [6.45, 7) is 7.93. The van der Waals surface area contributed by atoms with Gasteiger partial charge in [0.25, 0.3) is 0 Å². The average Bonchev–Trinajstić information content (AvgIpc) is 2.89. The molecule has 4 heterocycles. The van der Waals surface area contributed by atoms with Gasteiger partial charge in [0, 0.05) is 31.9 Å². The molecule has 1 saturated heterocycles. The summed E-state index contributed by atoms with van der Waals surface area (Å²) in [5.41, 5.74) is 0.0954. The second-order valence-corrected chi connectivity index (χ2v) is 10.2. The summed E-state index contributed by atoms with van der Waals surface area (Å²) in [7, 11) is 0. The topological polar surface area (TPSA) is 125 Å². The molecule has 0 saturated carbocycles. The molecule has 2 N–H and O–H groups in total. The molecule has 1 fully saturated rings. The van der Waals surface area contributed by atoms with Crippen molar-refractivity contribution in [2.45, 2.75) is 39.7 Å². The summed E-state index contributed by atoms with van der Waals surface area (Å²) in [4.78, 5) is 41.6. The van der Waals surface area contributed by atoms with Crippen LogP contribution in [0.1, 0.15) is 37.9 Å². The van der Waals surface area contributed by atoms with E-state index in [0.29, 0.717) is 16.9 Å². The molecule has 0 radical (unpaired) electrons. The second kappa shape index (κ2) is 10.2. The summed E-state index contributed by atoms with van der Waals surface area (Å²) >= 11 is 0. The minimum Gasteiger partial charge on any atom is -0.507 e. The van der Waals surface area contributed by atoms with Crippen molar-refractivity contribution in [2.75, 3.05) is 24.5 Å². The molecule has 4 aromatic rings. The van der Waals surface area contributed by atoms with Gasteiger partial charge in [-0.15, -0.1) is 0 Å². The van der Waals surface area contributed by atoms with E-state index in [4.69, 9.17) is 0 Å². The third kappa shape index (κ3) is 4.48. The minimum absolute atomic E-state index is 0.0000766. The zero-order chi connectivity index (χ0) is 28.9. The van der Waals surface area contributed by atoms with E-state index in [9.17, 15) is 24.2 Å². The van der Waals surface area contributed by atoms with Crippen molar-refractivity contribution in [3.8, 4) is 22.7 Å². The van der Waals surface area contributed by atoms with E-state index in [1.807, 2.05) is 13.8 Å². The predicted molar refractivity (Wildman–Crippen MR) is 145 cm³/mol. The van der Waals surface area contributed by atoms with Crippen LogP contribution in [-0.2, 0) is 0 Å². The number of hydrogen-bond donors (Lipinski definition) is 2. The predicted octanol–water partition coefficient (Wildman–Crippen LogP) is 4.45. The minimum atomic E-state index is -1.06. The van der Waals surface area contributed by atoms with Gasteiger partial charge in [-0.1, -0.05) is 19.9 Å². The molecule has 5 rings (SSSR count). The Morgan fingerprint density at radius 1 is 1.12 bits per heavy atom. The third-order valence-electron chi connectivity index (χ3n) is 7.12. The summed E-state index contributed by atoms with van der Waals surface area (Å²) in [6.07, 6.45) is 0.568. The lowest BCUT2D eigenvalue weighted by atomic mass is 10.0. The molecule has 1 aromatic carbocycles. The monoisotopic (exact) mass is 550 g/mol. The molecule has 40 heavy (non-hydrogen) atoms. The van der Waals surface area contributed by atoms with Gasteiger partial charge in [0.05, 0.1) is 22.3 Å². The van der Waals surface area contributed by atoms with Crippen LogP contribution in [0.3, 0.4) is 0 Å². The molecular weight excluding hydrogens is 522 g/mol. The van der Waals surface area contributed by atoms with Crippen molar-refractivity contribution in [1.29, 1.82) is 0 Å². The number of benzene rings is 1. The third-order valence-corrected chi connectivity index (χ3v) is 7.12. The van der Waals surface area contributed by atoms with Gasteiger partial charge in [0.2, 0.25) is 0 Å². The summed E-state index contributed by atoms with van der Waals surface area (Å²) in [5.74, 6) is -2.28. The van der Waals surface area contributed by atoms with Gasteiger partial charge in [-0.25, -0.2) is 27.9 Å². The van der Waals surface area contributed by atoms with Crippen LogP contribution >= 0.6 is 0 Å². The summed E-state index contributed by atoms with van der Waals surface area (Å²) < 4.78 is 31.8. The second-order valence-electron chi connectivity index (χ2n) is 10.2. The van der Waals surface area contributed by atoms with E-state index in [-0.39, 0.29) is 48.4 Å². The molecular formula is C28H28F2N6O4. The lowest BCUT2D eigenvalue weighted by Crippen LogP contribution is -2.54. The first-order valence-electron chi connectivity index (χ1n) is 12.8. The van der Waals surface area contributed by atoms with Gasteiger partial charge in [0.15, 0.2) is 11.5 Å². The van der Waals surface area contributed by atoms with Crippen molar-refractivity contribution in [1.82, 2.24) is 24.4 Å². The Morgan fingerprint density at radius 2 is 1.88 bits per heavy atom. The van der Waals surface area contributed by atoms with E-state index in [0.717, 1.165) is 12.1 Å². The Hall–Kier alpha value is -4.61. The first kappa shape index (κ1) is 27.0. The maximum Gasteiger partial charge on any atom is 0.407 e. The fourth-order valence-electron chi connectivity index (χ4n) is 5.18. The number of piperazine rings is 1. The number of aromatic hydroxyl groups is 1. The van der Waals surface area contributed by atoms with Gasteiger partial charge in [-0.05, 0) is 49.6 Å². The molecule has 10 nitrogen and oxygen atoms in total. The number of fused-ring (bicyclic) bond motifs is 1. The number of carbonyl (C=O) groups is 1. The Morgan fingerprint density at radius 3 is 2.52 bits per heavy atom. The lowest BCUT2D eigenvalue weighted by molar-refractivity contribution is 0.136. The van der Waals surface area contributed by atoms with E-state index >= 15 is 4.39 Å². The fraction of sp³-hybridized carbons (Fsp3) is 0.321. The Balaban J connectivity index is 1.86. The molecule has 0 aliphatic carbocycles. The number of anilines is 1. The SMILES string of the molecule is Cc1ccnc(C(C)C)c1-n1c(=O)nc(N2CCN(C(=O)O)CC2C)c2cc(F)c(-c3c(O)cccc3F)nc21. The van der Waals surface area contributed by atoms with Gasteiger partial charge in [-0.2, -0.15) is 4.98 Å². The van der Waals surface area contributed by atoms with Crippen LogP contribution in [0, 0.1) is 18.6 Å². The van der Waals surface area contributed by atoms with Gasteiger partial charge in [-0.3, -0.25) is 4.98 Å². The van der Waals surface area contributed by atoms with E-state index < -0.39 is 40.4 Å². The van der Waals surface area contributed by atoms with E-state index in [1.165, 1.54) is 21.6 Å². The van der Waals surface area contributed by atoms with Crippen LogP contribution in [0.4, 0.5) is 19.4 Å². The summed E-state index contributed by atoms with van der Waals surface area (Å²) in [5, 5.41) is 20.0. The fourth-order valence-corrected chi connectivity index (χ4v) is 5.18. The van der Waals surface area contributed by atoms with Crippen molar-refractivity contribution in [3.05, 3.63) is 69.9 Å². The molecule has 1 atom stereocenters. The number of hydrogen-bond acceptors (Lipinski definition) is 7. The maximum atomic E-state index is 15.7. The molecule has 1 aliphatic heterocycles. The normalized spacial score (nSPS) is 15.7. The molecule has 0 bridgehead atoms. The van der Waals surface area contributed by atoms with Gasteiger partial charge >= 0.3 is 11.8 Å². The maximum absolute atomic E-state index is 15.7. The number of phenols is 1. The number of halogens is 2. The van der Waals surface area contributed by atoms with Crippen molar-refractivity contribution in [3.63, 3.8) is 0 Å². The highest BCUT2D eigenvalue weighted by atomic mass is 19.1. The van der Waals surface area contributed by atoms with Gasteiger partial charge in [0.1, 0.15) is 23.1 Å². The van der Waals surface area contributed by atoms with Crippen molar-refractivity contribution >= 4 is 22.9 Å². The van der Waals surface area contributed by atoms with Crippen molar-refractivity contribution < 1.29 is 23.8 Å². The van der Waals surface area contributed by atoms with Crippen LogP contribution in [0.2, 0.25) is 0 Å². The Bertz CT molecular complexity index is 1690. The highest BCUT2D eigenvalue weighted by Crippen LogP contribution is 2.36. The van der Waals surface area contributed by atoms with Crippen LogP contribution in [0.25, 0.3) is 28.0 Å². The Kier molecular flexibility index (Phi) is 6.86. The number of aromatic nitrogens is 4. The van der Waals surface area contributed by atoms with Crippen molar-refractivity contribution in [2.24, 2.45) is 0 Å². The number of aryl methyl sites for hydroxylation is 1. The lowest BCUT2D eigenvalue weighted by Gasteiger charge is -2.39. The first-order chi connectivity index (χ1) is 19.0. The highest BCUT2D eigenvalue weighted by Gasteiger charge is 2.31. The van der Waals surface area contributed by atoms with E-state index in [1.54, 1.807) is 31.0 Å². The molecule has 0 spiro atoms. The zero-order valence-corrected chi connectivity index (χ0v) is 22.4. The summed E-state index contributed by atoms with van der Waals surface area (Å²) in [6, 6.07) is 6.06. The number of pyridine rings is 2. The number of nitrogens with zero attached hydrogens (tertiary/aromatic N) is 6. The smallest absolute Gasteiger partial charge is 0.407 e.